The third kappa shape index (κ3) is 4.03. The molecule has 5 nitrogen and oxygen atoms in total. The SMILES string of the molecule is COc1cc(N)c(Cl)cc1C(=O)Nc1ncc(C(C)C)s1.Cl. The van der Waals surface area contributed by atoms with E-state index >= 15 is 0 Å². The van der Waals surface area contributed by atoms with E-state index in [0.29, 0.717) is 33.1 Å². The molecule has 0 bridgehead atoms. The summed E-state index contributed by atoms with van der Waals surface area (Å²) in [4.78, 5) is 17.6. The number of thiazole rings is 1. The minimum Gasteiger partial charge on any atom is -0.496 e. The minimum atomic E-state index is -0.335. The van der Waals surface area contributed by atoms with Gasteiger partial charge in [0.2, 0.25) is 0 Å². The molecule has 0 aliphatic rings. The Morgan fingerprint density at radius 2 is 2.14 bits per heavy atom. The number of nitrogen functional groups attached to an aromatic ring is 1. The predicted octanol–water partition coefficient (Wildman–Crippen LogP) is 4.18. The van der Waals surface area contributed by atoms with Crippen LogP contribution < -0.4 is 15.8 Å². The summed E-state index contributed by atoms with van der Waals surface area (Å²) in [5.41, 5.74) is 6.38. The van der Waals surface area contributed by atoms with Crippen LogP contribution in [0.5, 0.6) is 5.75 Å². The molecule has 22 heavy (non-hydrogen) atoms. The Hall–Kier alpha value is -1.50. The van der Waals surface area contributed by atoms with Crippen molar-refractivity contribution in [3.8, 4) is 5.75 Å². The molecule has 3 N–H and O–H groups in total. The van der Waals surface area contributed by atoms with E-state index in [1.54, 1.807) is 6.20 Å². The van der Waals surface area contributed by atoms with Crippen molar-refractivity contribution in [3.05, 3.63) is 33.8 Å². The van der Waals surface area contributed by atoms with E-state index in [2.05, 4.69) is 24.1 Å². The van der Waals surface area contributed by atoms with Gasteiger partial charge in [0.1, 0.15) is 5.75 Å². The summed E-state index contributed by atoms with van der Waals surface area (Å²) in [6.45, 7) is 4.14. The molecule has 0 radical (unpaired) electrons. The molecule has 1 amide bonds. The third-order valence-corrected chi connectivity index (χ3v) is 4.42. The van der Waals surface area contributed by atoms with Gasteiger partial charge in [-0.05, 0) is 12.0 Å². The summed E-state index contributed by atoms with van der Waals surface area (Å²) in [5, 5.41) is 3.59. The largest absolute Gasteiger partial charge is 0.496 e. The maximum absolute atomic E-state index is 12.3. The molecule has 0 unspecified atom stereocenters. The summed E-state index contributed by atoms with van der Waals surface area (Å²) in [7, 11) is 1.47. The molecule has 0 saturated heterocycles. The maximum atomic E-state index is 12.3. The minimum absolute atomic E-state index is 0. The molecule has 8 heteroatoms. The predicted molar refractivity (Wildman–Crippen MR) is 93.8 cm³/mol. The number of amides is 1. The molecule has 2 aromatic rings. The number of carbonyl (C=O) groups excluding carboxylic acids is 1. The van der Waals surface area contributed by atoms with E-state index in [4.69, 9.17) is 22.1 Å². The van der Waals surface area contributed by atoms with Crippen LogP contribution in [-0.2, 0) is 0 Å². The van der Waals surface area contributed by atoms with Gasteiger partial charge in [0.15, 0.2) is 5.13 Å². The Morgan fingerprint density at radius 3 is 2.68 bits per heavy atom. The monoisotopic (exact) mass is 361 g/mol. The van der Waals surface area contributed by atoms with Crippen molar-refractivity contribution < 1.29 is 9.53 Å². The number of halogens is 2. The Morgan fingerprint density at radius 1 is 1.45 bits per heavy atom. The lowest BCUT2D eigenvalue weighted by Crippen LogP contribution is -2.13. The molecule has 2 rings (SSSR count). The van der Waals surface area contributed by atoms with Crippen LogP contribution in [0.4, 0.5) is 10.8 Å². The lowest BCUT2D eigenvalue weighted by molar-refractivity contribution is 0.102. The zero-order valence-corrected chi connectivity index (χ0v) is 14.7. The number of hydrogen-bond donors (Lipinski definition) is 2. The van der Waals surface area contributed by atoms with Gasteiger partial charge in [-0.1, -0.05) is 25.4 Å². The number of benzene rings is 1. The molecule has 0 spiro atoms. The van der Waals surface area contributed by atoms with Crippen LogP contribution in [0, 0.1) is 0 Å². The van der Waals surface area contributed by atoms with Gasteiger partial charge in [0, 0.05) is 17.1 Å². The molecule has 0 atom stereocenters. The smallest absolute Gasteiger partial charge is 0.261 e. The van der Waals surface area contributed by atoms with Gasteiger partial charge in [0.05, 0.1) is 23.4 Å². The molecule has 0 saturated carbocycles. The normalized spacial score (nSPS) is 10.2. The standard InChI is InChI=1S/C14H16ClN3O2S.ClH/c1-7(2)12-6-17-14(21-12)18-13(19)8-4-9(15)10(16)5-11(8)20-3;/h4-7H,16H2,1-3H3,(H,17,18,19);1H. The highest BCUT2D eigenvalue weighted by atomic mass is 35.5. The zero-order valence-electron chi connectivity index (χ0n) is 12.3. The fourth-order valence-corrected chi connectivity index (χ4v) is 2.67. The quantitative estimate of drug-likeness (QED) is 0.800. The van der Waals surface area contributed by atoms with Crippen molar-refractivity contribution in [3.63, 3.8) is 0 Å². The first-order valence-electron chi connectivity index (χ1n) is 6.32. The van der Waals surface area contributed by atoms with Gasteiger partial charge in [-0.25, -0.2) is 4.98 Å². The van der Waals surface area contributed by atoms with Crippen LogP contribution in [0.2, 0.25) is 5.02 Å². The number of methoxy groups -OCH3 is 1. The van der Waals surface area contributed by atoms with Crippen LogP contribution in [-0.4, -0.2) is 18.0 Å². The summed E-state index contributed by atoms with van der Waals surface area (Å²) >= 11 is 7.41. The third-order valence-electron chi connectivity index (χ3n) is 2.88. The number of nitrogens with one attached hydrogen (secondary N) is 1. The maximum Gasteiger partial charge on any atom is 0.261 e. The lowest BCUT2D eigenvalue weighted by Gasteiger charge is -2.10. The highest BCUT2D eigenvalue weighted by Crippen LogP contribution is 2.30. The van der Waals surface area contributed by atoms with Crippen molar-refractivity contribution in [1.29, 1.82) is 0 Å². The van der Waals surface area contributed by atoms with Crippen molar-refractivity contribution in [1.82, 2.24) is 4.98 Å². The van der Waals surface area contributed by atoms with Gasteiger partial charge in [-0.2, -0.15) is 0 Å². The molecule has 0 aliphatic heterocycles. The van der Waals surface area contributed by atoms with E-state index in [1.165, 1.54) is 30.6 Å². The number of ether oxygens (including phenoxy) is 1. The number of anilines is 2. The van der Waals surface area contributed by atoms with Crippen molar-refractivity contribution in [2.75, 3.05) is 18.2 Å². The summed E-state index contributed by atoms with van der Waals surface area (Å²) in [6, 6.07) is 3.01. The molecule has 1 aromatic heterocycles. The summed E-state index contributed by atoms with van der Waals surface area (Å²) in [6.07, 6.45) is 1.76. The highest BCUT2D eigenvalue weighted by molar-refractivity contribution is 7.15. The van der Waals surface area contributed by atoms with Crippen molar-refractivity contribution in [2.24, 2.45) is 0 Å². The average molecular weight is 362 g/mol. The van der Waals surface area contributed by atoms with Crippen LogP contribution in [0.1, 0.15) is 35.0 Å². The fourth-order valence-electron chi connectivity index (χ4n) is 1.69. The molecule has 0 fully saturated rings. The molecule has 120 valence electrons. The number of nitrogens with zero attached hydrogens (tertiary/aromatic N) is 1. The summed E-state index contributed by atoms with van der Waals surface area (Å²) in [5.74, 6) is 0.405. The number of rotatable bonds is 4. The second-order valence-corrected chi connectivity index (χ2v) is 6.22. The second kappa shape index (κ2) is 7.67. The fraction of sp³-hybridized carbons (Fsp3) is 0.286. The van der Waals surface area contributed by atoms with Crippen LogP contribution in [0.15, 0.2) is 18.3 Å². The first-order valence-corrected chi connectivity index (χ1v) is 7.52. The first-order chi connectivity index (χ1) is 9.92. The van der Waals surface area contributed by atoms with E-state index < -0.39 is 0 Å². The highest BCUT2D eigenvalue weighted by Gasteiger charge is 2.17. The van der Waals surface area contributed by atoms with Crippen LogP contribution in [0.3, 0.4) is 0 Å². The Labute approximate surface area is 144 Å². The van der Waals surface area contributed by atoms with Gasteiger partial charge in [-0.15, -0.1) is 23.7 Å². The number of nitrogens with two attached hydrogens (primary N) is 1. The molecule has 1 heterocycles. The number of carbonyl (C=O) groups is 1. The van der Waals surface area contributed by atoms with Crippen LogP contribution >= 0.6 is 35.3 Å². The molecular formula is C14H17Cl2N3O2S. The van der Waals surface area contributed by atoms with Gasteiger partial charge >= 0.3 is 0 Å². The number of aromatic nitrogens is 1. The second-order valence-electron chi connectivity index (χ2n) is 4.75. The van der Waals surface area contributed by atoms with E-state index in [1.807, 2.05) is 0 Å². The van der Waals surface area contributed by atoms with E-state index in [-0.39, 0.29) is 18.3 Å². The first kappa shape index (κ1) is 18.5. The van der Waals surface area contributed by atoms with Gasteiger partial charge in [0.25, 0.3) is 5.91 Å². The summed E-state index contributed by atoms with van der Waals surface area (Å²) < 4.78 is 5.17. The topological polar surface area (TPSA) is 77.2 Å². The van der Waals surface area contributed by atoms with Crippen molar-refractivity contribution in [2.45, 2.75) is 19.8 Å². The van der Waals surface area contributed by atoms with Crippen LogP contribution in [0.25, 0.3) is 0 Å². The van der Waals surface area contributed by atoms with Gasteiger partial charge < -0.3 is 10.5 Å². The lowest BCUT2D eigenvalue weighted by atomic mass is 10.1. The molecule has 1 aromatic carbocycles. The Balaban J connectivity index is 0.00000242. The average Bonchev–Trinajstić information content (AvgIpc) is 2.89. The Bertz CT molecular complexity index is 674. The number of hydrogen-bond acceptors (Lipinski definition) is 5. The Kier molecular flexibility index (Phi) is 6.47. The molecular weight excluding hydrogens is 345 g/mol. The van der Waals surface area contributed by atoms with E-state index in [9.17, 15) is 4.79 Å². The van der Waals surface area contributed by atoms with Crippen molar-refractivity contribution >= 4 is 52.1 Å². The van der Waals surface area contributed by atoms with E-state index in [0.717, 1.165) is 4.88 Å². The molecule has 0 aliphatic carbocycles. The zero-order chi connectivity index (χ0) is 15.6. The van der Waals surface area contributed by atoms with Gasteiger partial charge in [-0.3, -0.25) is 10.1 Å².